The van der Waals surface area contributed by atoms with Crippen LogP contribution in [0.1, 0.15) is 23.9 Å². The minimum absolute atomic E-state index is 0.0960. The molecule has 104 valence electrons. The van der Waals surface area contributed by atoms with Crippen molar-refractivity contribution in [3.05, 3.63) is 10.6 Å². The van der Waals surface area contributed by atoms with Gasteiger partial charge in [-0.05, 0) is 26.2 Å². The van der Waals surface area contributed by atoms with Crippen molar-refractivity contribution in [2.24, 2.45) is 0 Å². The second-order valence-corrected chi connectivity index (χ2v) is 5.08. The lowest BCUT2D eigenvalue weighted by Gasteiger charge is -2.13. The quantitative estimate of drug-likeness (QED) is 0.678. The standard InChI is InChI=1S/C11H12F2N2O3S/c1-2-18-9(17)11(12,13)8(16)15-10-14-6-4-3-5-7(6)19-10/h2-5H2,1H3,(H,14,15,16). The summed E-state index contributed by atoms with van der Waals surface area (Å²) in [4.78, 5) is 27.4. The van der Waals surface area contributed by atoms with Crippen LogP contribution in [-0.4, -0.2) is 29.4 Å². The number of hydrogen-bond donors (Lipinski definition) is 1. The lowest BCUT2D eigenvalue weighted by molar-refractivity contribution is -0.175. The van der Waals surface area contributed by atoms with Crippen LogP contribution in [0.5, 0.6) is 0 Å². The highest BCUT2D eigenvalue weighted by molar-refractivity contribution is 7.15. The number of thiazole rings is 1. The van der Waals surface area contributed by atoms with Gasteiger partial charge in [0, 0.05) is 4.88 Å². The highest BCUT2D eigenvalue weighted by Gasteiger charge is 2.49. The van der Waals surface area contributed by atoms with Gasteiger partial charge < -0.3 is 4.74 Å². The summed E-state index contributed by atoms with van der Waals surface area (Å²) >= 11 is 1.16. The number of esters is 1. The molecule has 0 aliphatic heterocycles. The number of carbonyl (C=O) groups excluding carboxylic acids is 2. The molecule has 5 nitrogen and oxygen atoms in total. The number of hydrogen-bond acceptors (Lipinski definition) is 5. The number of nitrogens with zero attached hydrogens (tertiary/aromatic N) is 1. The molecule has 0 aromatic carbocycles. The number of aryl methyl sites for hydroxylation is 2. The van der Waals surface area contributed by atoms with E-state index in [1.807, 2.05) is 5.32 Å². The average molecular weight is 290 g/mol. The Morgan fingerprint density at radius 2 is 2.21 bits per heavy atom. The molecule has 0 saturated heterocycles. The zero-order valence-corrected chi connectivity index (χ0v) is 11.0. The van der Waals surface area contributed by atoms with Gasteiger partial charge in [0.15, 0.2) is 5.13 Å². The molecule has 1 aliphatic carbocycles. The summed E-state index contributed by atoms with van der Waals surface area (Å²) in [7, 11) is 0. The van der Waals surface area contributed by atoms with Crippen molar-refractivity contribution >= 4 is 28.3 Å². The first-order valence-electron chi connectivity index (χ1n) is 5.80. The first-order valence-corrected chi connectivity index (χ1v) is 6.62. The van der Waals surface area contributed by atoms with Gasteiger partial charge in [-0.25, -0.2) is 9.78 Å². The topological polar surface area (TPSA) is 68.3 Å². The van der Waals surface area contributed by atoms with Gasteiger partial charge in [0.1, 0.15) is 0 Å². The number of carbonyl (C=O) groups is 2. The molecule has 0 saturated carbocycles. The summed E-state index contributed by atoms with van der Waals surface area (Å²) in [6.07, 6.45) is 2.62. The number of ether oxygens (including phenoxy) is 1. The van der Waals surface area contributed by atoms with Crippen molar-refractivity contribution < 1.29 is 23.1 Å². The van der Waals surface area contributed by atoms with Crippen molar-refractivity contribution in [2.75, 3.05) is 11.9 Å². The van der Waals surface area contributed by atoms with Crippen LogP contribution in [0.4, 0.5) is 13.9 Å². The summed E-state index contributed by atoms with van der Waals surface area (Å²) in [5, 5.41) is 2.06. The number of amides is 1. The second kappa shape index (κ2) is 5.20. The summed E-state index contributed by atoms with van der Waals surface area (Å²) < 4.78 is 30.9. The Labute approximate surface area is 112 Å². The molecule has 0 atom stereocenters. The lowest BCUT2D eigenvalue weighted by atomic mass is 10.3. The predicted octanol–water partition coefficient (Wildman–Crippen LogP) is 1.77. The van der Waals surface area contributed by atoms with E-state index in [2.05, 4.69) is 9.72 Å². The van der Waals surface area contributed by atoms with Crippen molar-refractivity contribution in [2.45, 2.75) is 32.1 Å². The van der Waals surface area contributed by atoms with E-state index in [1.54, 1.807) is 0 Å². The van der Waals surface area contributed by atoms with E-state index in [0.717, 1.165) is 41.2 Å². The van der Waals surface area contributed by atoms with E-state index in [4.69, 9.17) is 0 Å². The van der Waals surface area contributed by atoms with E-state index < -0.39 is 17.8 Å². The summed E-state index contributed by atoms with van der Waals surface area (Å²) in [6, 6.07) is 0. The molecule has 1 N–H and O–H groups in total. The average Bonchev–Trinajstić information content (AvgIpc) is 2.89. The molecule has 0 spiro atoms. The van der Waals surface area contributed by atoms with Crippen LogP contribution in [0, 0.1) is 0 Å². The molecule has 0 radical (unpaired) electrons. The first kappa shape index (κ1) is 13.9. The van der Waals surface area contributed by atoms with E-state index in [-0.39, 0.29) is 11.7 Å². The van der Waals surface area contributed by atoms with Crippen molar-refractivity contribution in [1.82, 2.24) is 4.98 Å². The normalized spacial score (nSPS) is 14.1. The Balaban J connectivity index is 2.05. The lowest BCUT2D eigenvalue weighted by Crippen LogP contribution is -2.43. The molecule has 0 unspecified atom stereocenters. The third-order valence-electron chi connectivity index (χ3n) is 2.63. The smallest absolute Gasteiger partial charge is 0.419 e. The van der Waals surface area contributed by atoms with E-state index in [0.29, 0.717) is 0 Å². The van der Waals surface area contributed by atoms with Crippen molar-refractivity contribution in [3.8, 4) is 0 Å². The molecular weight excluding hydrogens is 278 g/mol. The summed E-state index contributed by atoms with van der Waals surface area (Å²) in [5.41, 5.74) is 0.833. The van der Waals surface area contributed by atoms with Gasteiger partial charge in [-0.2, -0.15) is 8.78 Å². The molecule has 1 amide bonds. The van der Waals surface area contributed by atoms with E-state index in [9.17, 15) is 18.4 Å². The number of fused-ring (bicyclic) bond motifs is 1. The van der Waals surface area contributed by atoms with Gasteiger partial charge in [0.25, 0.3) is 0 Å². The molecule has 0 bridgehead atoms. The molecule has 8 heteroatoms. The van der Waals surface area contributed by atoms with Crippen LogP contribution in [0.25, 0.3) is 0 Å². The summed E-state index contributed by atoms with van der Waals surface area (Å²) in [6.45, 7) is 1.17. The Morgan fingerprint density at radius 1 is 1.47 bits per heavy atom. The highest BCUT2D eigenvalue weighted by Crippen LogP contribution is 2.31. The second-order valence-electron chi connectivity index (χ2n) is 3.99. The molecule has 2 rings (SSSR count). The van der Waals surface area contributed by atoms with Crippen LogP contribution in [0.15, 0.2) is 0 Å². The Bertz CT molecular complexity index is 495. The number of halogens is 2. The van der Waals surface area contributed by atoms with Crippen LogP contribution in [0.2, 0.25) is 0 Å². The van der Waals surface area contributed by atoms with Crippen LogP contribution < -0.4 is 5.32 Å². The Morgan fingerprint density at radius 3 is 2.84 bits per heavy atom. The largest absolute Gasteiger partial charge is 0.461 e. The number of anilines is 1. The zero-order chi connectivity index (χ0) is 14.0. The predicted molar refractivity (Wildman–Crippen MR) is 64.3 cm³/mol. The molecular formula is C11H12F2N2O3S. The fourth-order valence-electron chi connectivity index (χ4n) is 1.73. The SMILES string of the molecule is CCOC(=O)C(F)(F)C(=O)Nc1nc2c(s1)CCC2. The van der Waals surface area contributed by atoms with Crippen molar-refractivity contribution in [3.63, 3.8) is 0 Å². The highest BCUT2D eigenvalue weighted by atomic mass is 32.1. The molecule has 0 fully saturated rings. The number of rotatable bonds is 4. The minimum atomic E-state index is -4.20. The van der Waals surface area contributed by atoms with Gasteiger partial charge in [-0.1, -0.05) is 0 Å². The van der Waals surface area contributed by atoms with Gasteiger partial charge >= 0.3 is 17.8 Å². The first-order chi connectivity index (χ1) is 8.95. The maximum Gasteiger partial charge on any atom is 0.419 e. The molecule has 1 aromatic rings. The van der Waals surface area contributed by atoms with Gasteiger partial charge in [-0.3, -0.25) is 10.1 Å². The number of nitrogens with one attached hydrogen (secondary N) is 1. The van der Waals surface area contributed by atoms with Crippen LogP contribution in [-0.2, 0) is 27.2 Å². The number of alkyl halides is 2. The fourth-order valence-corrected chi connectivity index (χ4v) is 2.78. The number of aromatic nitrogens is 1. The van der Waals surface area contributed by atoms with Crippen LogP contribution in [0.3, 0.4) is 0 Å². The Hall–Kier alpha value is -1.57. The molecule has 1 aromatic heterocycles. The zero-order valence-electron chi connectivity index (χ0n) is 10.2. The monoisotopic (exact) mass is 290 g/mol. The third kappa shape index (κ3) is 2.73. The molecule has 1 aliphatic rings. The Kier molecular flexibility index (Phi) is 3.79. The van der Waals surface area contributed by atoms with E-state index in [1.165, 1.54) is 6.92 Å². The van der Waals surface area contributed by atoms with Gasteiger partial charge in [0.05, 0.1) is 12.3 Å². The maximum absolute atomic E-state index is 13.4. The maximum atomic E-state index is 13.4. The van der Waals surface area contributed by atoms with Gasteiger partial charge in [-0.15, -0.1) is 11.3 Å². The minimum Gasteiger partial charge on any atom is -0.461 e. The molecule has 1 heterocycles. The van der Waals surface area contributed by atoms with E-state index >= 15 is 0 Å². The third-order valence-corrected chi connectivity index (χ3v) is 3.71. The fraction of sp³-hybridized carbons (Fsp3) is 0.545. The van der Waals surface area contributed by atoms with Gasteiger partial charge in [0.2, 0.25) is 0 Å². The summed E-state index contributed by atoms with van der Waals surface area (Å²) in [5.74, 6) is -7.76. The molecule has 19 heavy (non-hydrogen) atoms. The van der Waals surface area contributed by atoms with Crippen molar-refractivity contribution in [1.29, 1.82) is 0 Å². The van der Waals surface area contributed by atoms with Crippen LogP contribution >= 0.6 is 11.3 Å².